The van der Waals surface area contributed by atoms with Crippen LogP contribution in [0, 0.1) is 5.92 Å². The van der Waals surface area contributed by atoms with Crippen molar-refractivity contribution in [2.75, 3.05) is 26.8 Å². The molecule has 1 unspecified atom stereocenters. The summed E-state index contributed by atoms with van der Waals surface area (Å²) in [5.74, 6) is 7.09. The quantitative estimate of drug-likeness (QED) is 0.302. The van der Waals surface area contributed by atoms with E-state index in [4.69, 9.17) is 10.6 Å². The van der Waals surface area contributed by atoms with Gasteiger partial charge < -0.3 is 9.64 Å². The Labute approximate surface area is 98.0 Å². The van der Waals surface area contributed by atoms with Crippen LogP contribution in [0.2, 0.25) is 0 Å². The number of aliphatic imine (C=N–C) groups is 1. The zero-order valence-corrected chi connectivity index (χ0v) is 10.6. The molecule has 0 heterocycles. The fraction of sp³-hybridized carbons (Fsp3) is 0.909. The second-order valence-electron chi connectivity index (χ2n) is 4.21. The van der Waals surface area contributed by atoms with E-state index >= 15 is 0 Å². The molecule has 0 aromatic carbocycles. The molecule has 1 fully saturated rings. The van der Waals surface area contributed by atoms with Gasteiger partial charge in [0.25, 0.3) is 0 Å². The molecular weight excluding hydrogens is 204 g/mol. The van der Waals surface area contributed by atoms with Gasteiger partial charge in [0, 0.05) is 26.2 Å². The van der Waals surface area contributed by atoms with Gasteiger partial charge >= 0.3 is 0 Å². The van der Waals surface area contributed by atoms with Crippen LogP contribution in [0.3, 0.4) is 0 Å². The van der Waals surface area contributed by atoms with Gasteiger partial charge in [-0.05, 0) is 32.6 Å². The van der Waals surface area contributed by atoms with Crippen LogP contribution in [0.1, 0.15) is 26.7 Å². The molecule has 0 bridgehead atoms. The zero-order valence-electron chi connectivity index (χ0n) is 10.6. The maximum Gasteiger partial charge on any atom is 0.208 e. The van der Waals surface area contributed by atoms with Gasteiger partial charge in [-0.3, -0.25) is 10.4 Å². The van der Waals surface area contributed by atoms with E-state index in [1.165, 1.54) is 12.8 Å². The summed E-state index contributed by atoms with van der Waals surface area (Å²) >= 11 is 0. The molecule has 16 heavy (non-hydrogen) atoms. The third kappa shape index (κ3) is 3.64. The third-order valence-electron chi connectivity index (χ3n) is 3.04. The molecule has 0 amide bonds. The fourth-order valence-corrected chi connectivity index (χ4v) is 1.89. The Morgan fingerprint density at radius 1 is 1.62 bits per heavy atom. The number of hydrogen-bond acceptors (Lipinski definition) is 3. The van der Waals surface area contributed by atoms with Crippen molar-refractivity contribution in [1.82, 2.24) is 10.3 Å². The van der Waals surface area contributed by atoms with E-state index in [9.17, 15) is 0 Å². The number of nitrogens with two attached hydrogens (primary N) is 1. The highest BCUT2D eigenvalue weighted by atomic mass is 16.5. The molecule has 5 heteroatoms. The minimum atomic E-state index is 0.483. The first-order chi connectivity index (χ1) is 7.74. The maximum atomic E-state index is 5.53. The van der Waals surface area contributed by atoms with E-state index in [1.54, 1.807) is 7.11 Å². The van der Waals surface area contributed by atoms with Crippen molar-refractivity contribution in [1.29, 1.82) is 0 Å². The van der Waals surface area contributed by atoms with Crippen molar-refractivity contribution >= 4 is 5.96 Å². The first-order valence-electron chi connectivity index (χ1n) is 6.01. The summed E-state index contributed by atoms with van der Waals surface area (Å²) in [5, 5.41) is 0. The van der Waals surface area contributed by atoms with E-state index in [1.807, 2.05) is 6.92 Å². The predicted octanol–water partition coefficient (Wildman–Crippen LogP) is 0.573. The number of rotatable bonds is 6. The molecule has 0 spiro atoms. The highest BCUT2D eigenvalue weighted by Gasteiger charge is 2.33. The largest absolute Gasteiger partial charge is 0.383 e. The monoisotopic (exact) mass is 228 g/mol. The van der Waals surface area contributed by atoms with Gasteiger partial charge in [0.2, 0.25) is 5.96 Å². The minimum absolute atomic E-state index is 0.483. The van der Waals surface area contributed by atoms with Crippen LogP contribution < -0.4 is 11.3 Å². The highest BCUT2D eigenvalue weighted by Crippen LogP contribution is 2.35. The van der Waals surface area contributed by atoms with Crippen LogP contribution in [-0.4, -0.2) is 43.7 Å². The number of nitrogens with one attached hydrogen (secondary N) is 1. The smallest absolute Gasteiger partial charge is 0.208 e. The van der Waals surface area contributed by atoms with Gasteiger partial charge in [0.05, 0.1) is 6.61 Å². The SMILES string of the molecule is CCN=C(NN)N(CCOC)C(C)C1CC1. The summed E-state index contributed by atoms with van der Waals surface area (Å²) in [6.45, 7) is 6.50. The summed E-state index contributed by atoms with van der Waals surface area (Å²) in [5.41, 5.74) is 2.70. The average molecular weight is 228 g/mol. The molecule has 0 radical (unpaired) electrons. The fourth-order valence-electron chi connectivity index (χ4n) is 1.89. The number of guanidine groups is 1. The van der Waals surface area contributed by atoms with E-state index < -0.39 is 0 Å². The topological polar surface area (TPSA) is 62.9 Å². The Bertz CT molecular complexity index is 228. The number of methoxy groups -OCH3 is 1. The molecule has 94 valence electrons. The molecule has 0 aliphatic heterocycles. The predicted molar refractivity (Wildman–Crippen MR) is 66.1 cm³/mol. The Kier molecular flexibility index (Phi) is 5.55. The number of hydrogen-bond donors (Lipinski definition) is 2. The highest BCUT2D eigenvalue weighted by molar-refractivity contribution is 5.79. The van der Waals surface area contributed by atoms with Crippen LogP contribution in [0.15, 0.2) is 4.99 Å². The number of hydrazine groups is 1. The lowest BCUT2D eigenvalue weighted by molar-refractivity contribution is 0.157. The molecule has 1 aliphatic rings. The second kappa shape index (κ2) is 6.70. The third-order valence-corrected chi connectivity index (χ3v) is 3.04. The van der Waals surface area contributed by atoms with Crippen molar-refractivity contribution in [3.05, 3.63) is 0 Å². The second-order valence-corrected chi connectivity index (χ2v) is 4.21. The van der Waals surface area contributed by atoms with Crippen molar-refractivity contribution in [3.63, 3.8) is 0 Å². The standard InChI is InChI=1S/C11H24N4O/c1-4-13-11(14-12)15(7-8-16-3)9(2)10-5-6-10/h9-10H,4-8,12H2,1-3H3,(H,13,14). The molecule has 0 aromatic heterocycles. The molecule has 3 N–H and O–H groups in total. The number of ether oxygens (including phenoxy) is 1. The summed E-state index contributed by atoms with van der Waals surface area (Å²) < 4.78 is 5.13. The van der Waals surface area contributed by atoms with E-state index in [2.05, 4.69) is 22.2 Å². The van der Waals surface area contributed by atoms with Gasteiger partial charge in [-0.15, -0.1) is 0 Å². The molecule has 1 atom stereocenters. The Morgan fingerprint density at radius 2 is 2.31 bits per heavy atom. The van der Waals surface area contributed by atoms with Crippen molar-refractivity contribution < 1.29 is 4.74 Å². The van der Waals surface area contributed by atoms with Crippen molar-refractivity contribution in [2.24, 2.45) is 16.8 Å². The lowest BCUT2D eigenvalue weighted by Crippen LogP contribution is -2.50. The Balaban J connectivity index is 2.63. The van der Waals surface area contributed by atoms with Crippen molar-refractivity contribution in [3.8, 4) is 0 Å². The summed E-state index contributed by atoms with van der Waals surface area (Å²) in [7, 11) is 1.71. The zero-order chi connectivity index (χ0) is 12.0. The lowest BCUT2D eigenvalue weighted by atomic mass is 10.2. The van der Waals surface area contributed by atoms with Crippen LogP contribution >= 0.6 is 0 Å². The Morgan fingerprint density at radius 3 is 2.75 bits per heavy atom. The summed E-state index contributed by atoms with van der Waals surface area (Å²) in [4.78, 5) is 6.59. The average Bonchev–Trinajstić information content (AvgIpc) is 3.11. The molecule has 1 rings (SSSR count). The van der Waals surface area contributed by atoms with Crippen LogP contribution in [-0.2, 0) is 4.74 Å². The summed E-state index contributed by atoms with van der Waals surface area (Å²) in [6.07, 6.45) is 2.63. The molecular formula is C11H24N4O. The molecule has 0 saturated heterocycles. The summed E-state index contributed by atoms with van der Waals surface area (Å²) in [6, 6.07) is 0.483. The van der Waals surface area contributed by atoms with Crippen LogP contribution in [0.4, 0.5) is 0 Å². The van der Waals surface area contributed by atoms with E-state index in [-0.39, 0.29) is 0 Å². The normalized spacial score (nSPS) is 18.4. The van der Waals surface area contributed by atoms with Gasteiger partial charge in [-0.1, -0.05) is 0 Å². The van der Waals surface area contributed by atoms with Crippen LogP contribution in [0.25, 0.3) is 0 Å². The maximum absolute atomic E-state index is 5.53. The Hall–Kier alpha value is -0.810. The van der Waals surface area contributed by atoms with Crippen LogP contribution in [0.5, 0.6) is 0 Å². The minimum Gasteiger partial charge on any atom is -0.383 e. The van der Waals surface area contributed by atoms with E-state index in [0.717, 1.165) is 25.0 Å². The van der Waals surface area contributed by atoms with Gasteiger partial charge in [-0.25, -0.2) is 5.84 Å². The molecule has 1 saturated carbocycles. The van der Waals surface area contributed by atoms with Gasteiger partial charge in [-0.2, -0.15) is 0 Å². The molecule has 0 aromatic rings. The van der Waals surface area contributed by atoms with Crippen molar-refractivity contribution in [2.45, 2.75) is 32.7 Å². The molecule has 1 aliphatic carbocycles. The van der Waals surface area contributed by atoms with Gasteiger partial charge in [0.15, 0.2) is 0 Å². The van der Waals surface area contributed by atoms with Gasteiger partial charge in [0.1, 0.15) is 0 Å². The lowest BCUT2D eigenvalue weighted by Gasteiger charge is -2.31. The first kappa shape index (κ1) is 13.3. The number of nitrogens with zero attached hydrogens (tertiary/aromatic N) is 2. The first-order valence-corrected chi connectivity index (χ1v) is 6.01. The van der Waals surface area contributed by atoms with E-state index in [0.29, 0.717) is 12.6 Å². The molecule has 5 nitrogen and oxygen atoms in total.